The predicted octanol–water partition coefficient (Wildman–Crippen LogP) is 2.37. The Morgan fingerprint density at radius 2 is 2.26 bits per heavy atom. The minimum Gasteiger partial charge on any atom is -0.383 e. The first-order valence-electron chi connectivity index (χ1n) is 7.21. The summed E-state index contributed by atoms with van der Waals surface area (Å²) in [5.41, 5.74) is 1.24. The van der Waals surface area contributed by atoms with Crippen LogP contribution in [0, 0.1) is 0 Å². The third-order valence-electron chi connectivity index (χ3n) is 3.60. The van der Waals surface area contributed by atoms with Gasteiger partial charge in [-0.25, -0.2) is 4.98 Å². The van der Waals surface area contributed by atoms with Crippen molar-refractivity contribution < 1.29 is 4.74 Å². The molecule has 1 aromatic rings. The molecule has 1 saturated carbocycles. The predicted molar refractivity (Wildman–Crippen MR) is 78.6 cm³/mol. The zero-order valence-electron chi connectivity index (χ0n) is 12.2. The molecule has 2 rings (SSSR count). The van der Waals surface area contributed by atoms with Gasteiger partial charge in [0.05, 0.1) is 6.61 Å². The second-order valence-electron chi connectivity index (χ2n) is 5.15. The number of nitrogens with one attached hydrogen (secondary N) is 1. The third kappa shape index (κ3) is 3.91. The lowest BCUT2D eigenvalue weighted by Gasteiger charge is -2.23. The summed E-state index contributed by atoms with van der Waals surface area (Å²) in [5.74, 6) is 1.08. The maximum absolute atomic E-state index is 5.19. The molecular weight excluding hydrogens is 238 g/mol. The molecule has 0 bridgehead atoms. The van der Waals surface area contributed by atoms with Gasteiger partial charge in [-0.1, -0.05) is 13.0 Å². The summed E-state index contributed by atoms with van der Waals surface area (Å²) < 4.78 is 5.19. The molecule has 1 N–H and O–H groups in total. The largest absolute Gasteiger partial charge is 0.383 e. The van der Waals surface area contributed by atoms with E-state index in [2.05, 4.69) is 41.2 Å². The van der Waals surface area contributed by atoms with E-state index in [-0.39, 0.29) is 0 Å². The van der Waals surface area contributed by atoms with Gasteiger partial charge in [0.25, 0.3) is 0 Å². The van der Waals surface area contributed by atoms with Crippen LogP contribution in [0.25, 0.3) is 0 Å². The summed E-state index contributed by atoms with van der Waals surface area (Å²) >= 11 is 0. The normalized spacial score (nSPS) is 16.4. The number of aromatic nitrogens is 1. The fourth-order valence-corrected chi connectivity index (χ4v) is 2.31. The Labute approximate surface area is 116 Å². The number of ether oxygens (including phenoxy) is 1. The van der Waals surface area contributed by atoms with Gasteiger partial charge in [-0.2, -0.15) is 0 Å². The van der Waals surface area contributed by atoms with Gasteiger partial charge in [-0.05, 0) is 37.9 Å². The first-order valence-corrected chi connectivity index (χ1v) is 7.21. The van der Waals surface area contributed by atoms with Crippen LogP contribution in [0.15, 0.2) is 18.3 Å². The van der Waals surface area contributed by atoms with Gasteiger partial charge in [0.15, 0.2) is 0 Å². The van der Waals surface area contributed by atoms with Crippen LogP contribution in [-0.4, -0.2) is 37.8 Å². The van der Waals surface area contributed by atoms with Crippen molar-refractivity contribution in [2.24, 2.45) is 0 Å². The molecule has 0 aliphatic heterocycles. The standard InChI is InChI=1S/C15H25N3O/c1-4-16-12(2)13-5-8-15(17-11-13)18(9-10-19-3)14-6-7-14/h5,8,11-12,14,16H,4,6-7,9-10H2,1-3H3. The summed E-state index contributed by atoms with van der Waals surface area (Å²) in [7, 11) is 1.75. The molecule has 1 aliphatic rings. The molecular formula is C15H25N3O. The second-order valence-corrected chi connectivity index (χ2v) is 5.15. The Kier molecular flexibility index (Phi) is 5.16. The van der Waals surface area contributed by atoms with Crippen LogP contribution >= 0.6 is 0 Å². The van der Waals surface area contributed by atoms with Crippen molar-refractivity contribution in [1.29, 1.82) is 0 Å². The molecule has 1 unspecified atom stereocenters. The van der Waals surface area contributed by atoms with Crippen LogP contribution in [0.1, 0.15) is 38.3 Å². The topological polar surface area (TPSA) is 37.4 Å². The molecule has 0 saturated heterocycles. The zero-order chi connectivity index (χ0) is 13.7. The van der Waals surface area contributed by atoms with Gasteiger partial charge in [0, 0.05) is 31.9 Å². The van der Waals surface area contributed by atoms with E-state index in [1.54, 1.807) is 7.11 Å². The molecule has 1 fully saturated rings. The molecule has 1 aliphatic carbocycles. The summed E-state index contributed by atoms with van der Waals surface area (Å²) in [5, 5.41) is 3.41. The molecule has 4 heteroatoms. The van der Waals surface area contributed by atoms with Gasteiger partial charge < -0.3 is 15.0 Å². The highest BCUT2D eigenvalue weighted by molar-refractivity contribution is 5.42. The monoisotopic (exact) mass is 263 g/mol. The van der Waals surface area contributed by atoms with Crippen LogP contribution in [0.5, 0.6) is 0 Å². The number of nitrogens with zero attached hydrogens (tertiary/aromatic N) is 2. The Balaban J connectivity index is 2.02. The summed E-state index contributed by atoms with van der Waals surface area (Å²) in [6.45, 7) is 6.95. The Morgan fingerprint density at radius 3 is 2.79 bits per heavy atom. The maximum atomic E-state index is 5.19. The second kappa shape index (κ2) is 6.87. The Morgan fingerprint density at radius 1 is 1.47 bits per heavy atom. The van der Waals surface area contributed by atoms with Crippen LogP contribution in [0.4, 0.5) is 5.82 Å². The highest BCUT2D eigenvalue weighted by atomic mass is 16.5. The molecule has 0 amide bonds. The molecule has 1 atom stereocenters. The molecule has 0 aromatic carbocycles. The quantitative estimate of drug-likeness (QED) is 0.781. The van der Waals surface area contributed by atoms with Gasteiger partial charge in [0.2, 0.25) is 0 Å². The number of hydrogen-bond acceptors (Lipinski definition) is 4. The SMILES string of the molecule is CCNC(C)c1ccc(N(CCOC)C2CC2)nc1. The van der Waals surface area contributed by atoms with Crippen molar-refractivity contribution in [2.75, 3.05) is 31.7 Å². The summed E-state index contributed by atoms with van der Waals surface area (Å²) in [6.07, 6.45) is 4.55. The van der Waals surface area contributed by atoms with Crippen molar-refractivity contribution >= 4 is 5.82 Å². The van der Waals surface area contributed by atoms with Crippen molar-refractivity contribution in [1.82, 2.24) is 10.3 Å². The van der Waals surface area contributed by atoms with E-state index >= 15 is 0 Å². The molecule has 1 aromatic heterocycles. The number of hydrogen-bond donors (Lipinski definition) is 1. The lowest BCUT2D eigenvalue weighted by Crippen LogP contribution is -2.30. The Bertz CT molecular complexity index is 375. The fourth-order valence-electron chi connectivity index (χ4n) is 2.31. The van der Waals surface area contributed by atoms with Crippen molar-refractivity contribution in [3.63, 3.8) is 0 Å². The summed E-state index contributed by atoms with van der Waals surface area (Å²) in [4.78, 5) is 6.99. The third-order valence-corrected chi connectivity index (χ3v) is 3.60. The van der Waals surface area contributed by atoms with E-state index in [0.717, 1.165) is 25.5 Å². The molecule has 0 spiro atoms. The van der Waals surface area contributed by atoms with Gasteiger partial charge >= 0.3 is 0 Å². The van der Waals surface area contributed by atoms with Crippen molar-refractivity contribution in [3.8, 4) is 0 Å². The van der Waals surface area contributed by atoms with Crippen LogP contribution < -0.4 is 10.2 Å². The van der Waals surface area contributed by atoms with E-state index in [0.29, 0.717) is 12.1 Å². The molecule has 19 heavy (non-hydrogen) atoms. The summed E-state index contributed by atoms with van der Waals surface area (Å²) in [6, 6.07) is 5.34. The van der Waals surface area contributed by atoms with E-state index in [9.17, 15) is 0 Å². The van der Waals surface area contributed by atoms with Gasteiger partial charge in [-0.3, -0.25) is 0 Å². The first kappa shape index (κ1) is 14.3. The highest BCUT2D eigenvalue weighted by Gasteiger charge is 2.29. The van der Waals surface area contributed by atoms with Gasteiger partial charge in [0.1, 0.15) is 5.82 Å². The van der Waals surface area contributed by atoms with Crippen molar-refractivity contribution in [3.05, 3.63) is 23.9 Å². The van der Waals surface area contributed by atoms with Gasteiger partial charge in [-0.15, -0.1) is 0 Å². The fraction of sp³-hybridized carbons (Fsp3) is 0.667. The van der Waals surface area contributed by atoms with Crippen LogP contribution in [-0.2, 0) is 4.74 Å². The number of rotatable bonds is 8. The van der Waals surface area contributed by atoms with E-state index in [1.807, 2.05) is 6.20 Å². The van der Waals surface area contributed by atoms with E-state index in [1.165, 1.54) is 18.4 Å². The lowest BCUT2D eigenvalue weighted by molar-refractivity contribution is 0.204. The molecule has 4 nitrogen and oxygen atoms in total. The highest BCUT2D eigenvalue weighted by Crippen LogP contribution is 2.30. The van der Waals surface area contributed by atoms with Crippen LogP contribution in [0.2, 0.25) is 0 Å². The van der Waals surface area contributed by atoms with Crippen LogP contribution in [0.3, 0.4) is 0 Å². The molecule has 1 heterocycles. The van der Waals surface area contributed by atoms with E-state index in [4.69, 9.17) is 4.74 Å². The Hall–Kier alpha value is -1.13. The number of anilines is 1. The minimum absolute atomic E-state index is 0.361. The first-order chi connectivity index (χ1) is 9.26. The zero-order valence-corrected chi connectivity index (χ0v) is 12.2. The van der Waals surface area contributed by atoms with E-state index < -0.39 is 0 Å². The minimum atomic E-state index is 0.361. The molecule has 106 valence electrons. The lowest BCUT2D eigenvalue weighted by atomic mass is 10.1. The smallest absolute Gasteiger partial charge is 0.128 e. The average Bonchev–Trinajstić information content (AvgIpc) is 3.25. The van der Waals surface area contributed by atoms with Crippen molar-refractivity contribution in [2.45, 2.75) is 38.8 Å². The number of pyridine rings is 1. The maximum Gasteiger partial charge on any atom is 0.128 e. The average molecular weight is 263 g/mol. The molecule has 0 radical (unpaired) electrons. The number of methoxy groups -OCH3 is 1.